The van der Waals surface area contributed by atoms with E-state index in [1.165, 1.54) is 0 Å². The van der Waals surface area contributed by atoms with Crippen molar-refractivity contribution < 1.29 is 0 Å². The first-order valence-corrected chi connectivity index (χ1v) is 11.7. The third kappa shape index (κ3) is 1.38. The van der Waals surface area contributed by atoms with E-state index in [0.29, 0.717) is 5.16 Å². The van der Waals surface area contributed by atoms with E-state index in [-0.39, 0.29) is 7.92 Å². The summed E-state index contributed by atoms with van der Waals surface area (Å²) in [6.45, 7) is 0. The average molecular weight is 344 g/mol. The molecule has 6 aliphatic carbocycles. The Balaban J connectivity index is 1.49. The molecule has 1 heteroatoms. The van der Waals surface area contributed by atoms with E-state index < -0.39 is 0 Å². The zero-order valence-electron chi connectivity index (χ0n) is 14.6. The monoisotopic (exact) mass is 344 g/mol. The highest BCUT2D eigenvalue weighted by Crippen LogP contribution is 2.90. The molecule has 8 rings (SSSR count). The predicted octanol–water partition coefficient (Wildman–Crippen LogP) is 4.80. The molecule has 6 fully saturated rings. The Labute approximate surface area is 151 Å². The fourth-order valence-electron chi connectivity index (χ4n) is 9.14. The second-order valence-corrected chi connectivity index (χ2v) is 11.7. The van der Waals surface area contributed by atoms with Crippen LogP contribution in [0.25, 0.3) is 0 Å². The third-order valence-corrected chi connectivity index (χ3v) is 12.4. The minimum Gasteiger partial charge on any atom is -0.0622 e. The highest BCUT2D eigenvalue weighted by molar-refractivity contribution is 7.74. The van der Waals surface area contributed by atoms with Crippen molar-refractivity contribution in [3.05, 3.63) is 60.7 Å². The zero-order chi connectivity index (χ0) is 16.2. The van der Waals surface area contributed by atoms with Crippen molar-refractivity contribution in [3.63, 3.8) is 0 Å². The fourth-order valence-corrected chi connectivity index (χ4v) is 13.2. The summed E-state index contributed by atoms with van der Waals surface area (Å²) in [7, 11) is -0.222. The number of benzene rings is 2. The first-order chi connectivity index (χ1) is 12.4. The van der Waals surface area contributed by atoms with E-state index in [2.05, 4.69) is 60.7 Å². The lowest BCUT2D eigenvalue weighted by Crippen LogP contribution is -2.49. The van der Waals surface area contributed by atoms with E-state index in [4.69, 9.17) is 0 Å². The SMILES string of the molecule is c1ccc(P(c2ccccc2)C23C4CCC5C4C4C(CCC42)C53)cc1. The van der Waals surface area contributed by atoms with Gasteiger partial charge in [0.25, 0.3) is 0 Å². The Kier molecular flexibility index (Phi) is 2.56. The lowest BCUT2D eigenvalue weighted by molar-refractivity contribution is 0.174. The largest absolute Gasteiger partial charge is 0.0622 e. The van der Waals surface area contributed by atoms with Gasteiger partial charge in [-0.05, 0) is 85.6 Å². The van der Waals surface area contributed by atoms with Crippen molar-refractivity contribution in [2.45, 2.75) is 30.8 Å². The van der Waals surface area contributed by atoms with Crippen molar-refractivity contribution in [2.24, 2.45) is 41.4 Å². The summed E-state index contributed by atoms with van der Waals surface area (Å²) in [5.41, 5.74) is 0. The molecule has 126 valence electrons. The van der Waals surface area contributed by atoms with Gasteiger partial charge < -0.3 is 0 Å². The van der Waals surface area contributed by atoms with Crippen LogP contribution >= 0.6 is 7.92 Å². The molecule has 6 atom stereocenters. The van der Waals surface area contributed by atoms with Crippen LogP contribution in [0.3, 0.4) is 0 Å². The summed E-state index contributed by atoms with van der Waals surface area (Å²) < 4.78 is 0. The lowest BCUT2D eigenvalue weighted by Gasteiger charge is -2.52. The van der Waals surface area contributed by atoms with Crippen molar-refractivity contribution in [2.75, 3.05) is 0 Å². The maximum atomic E-state index is 2.46. The molecule has 6 unspecified atom stereocenters. The normalized spacial score (nSPS) is 47.5. The van der Waals surface area contributed by atoms with Crippen molar-refractivity contribution in [3.8, 4) is 0 Å². The molecule has 0 radical (unpaired) electrons. The van der Waals surface area contributed by atoms with Crippen LogP contribution in [0.1, 0.15) is 25.7 Å². The van der Waals surface area contributed by atoms with Crippen molar-refractivity contribution in [1.29, 1.82) is 0 Å². The molecule has 0 heterocycles. The van der Waals surface area contributed by atoms with Crippen LogP contribution in [-0.4, -0.2) is 5.16 Å². The number of hydrogen-bond acceptors (Lipinski definition) is 0. The van der Waals surface area contributed by atoms with Gasteiger partial charge in [0.2, 0.25) is 0 Å². The Bertz CT molecular complexity index is 762. The van der Waals surface area contributed by atoms with Crippen LogP contribution < -0.4 is 10.6 Å². The van der Waals surface area contributed by atoms with Crippen LogP contribution in [-0.2, 0) is 0 Å². The van der Waals surface area contributed by atoms with Gasteiger partial charge >= 0.3 is 0 Å². The van der Waals surface area contributed by atoms with E-state index in [0.717, 1.165) is 41.4 Å². The van der Waals surface area contributed by atoms with Gasteiger partial charge in [-0.15, -0.1) is 0 Å². The third-order valence-electron chi connectivity index (χ3n) is 9.05. The molecule has 6 saturated carbocycles. The number of hydrogen-bond donors (Lipinski definition) is 0. The Morgan fingerprint density at radius 1 is 0.640 bits per heavy atom. The zero-order valence-corrected chi connectivity index (χ0v) is 15.5. The molecule has 0 aromatic heterocycles. The standard InChI is InChI=1S/C24H25P/c1-3-7-15(8-4-1)25(16-9-5-2-6-10-16)24-19-13-11-17-21(19)22-18(23(17)24)12-14-20(22)24/h1-10,17-23H,11-14H2. The van der Waals surface area contributed by atoms with E-state index in [9.17, 15) is 0 Å². The minimum absolute atomic E-state index is 0.222. The van der Waals surface area contributed by atoms with Crippen LogP contribution in [0.4, 0.5) is 0 Å². The van der Waals surface area contributed by atoms with E-state index >= 15 is 0 Å². The second kappa shape index (κ2) is 4.58. The van der Waals surface area contributed by atoms with Gasteiger partial charge in [0.05, 0.1) is 0 Å². The topological polar surface area (TPSA) is 0 Å². The Morgan fingerprint density at radius 3 is 1.60 bits per heavy atom. The summed E-state index contributed by atoms with van der Waals surface area (Å²) in [5, 5.41) is 3.99. The summed E-state index contributed by atoms with van der Waals surface area (Å²) in [4.78, 5) is 0. The smallest absolute Gasteiger partial charge is 0.00814 e. The quantitative estimate of drug-likeness (QED) is 0.702. The van der Waals surface area contributed by atoms with Gasteiger partial charge in [-0.2, -0.15) is 0 Å². The van der Waals surface area contributed by atoms with Crippen LogP contribution in [0.5, 0.6) is 0 Å². The predicted molar refractivity (Wildman–Crippen MR) is 105 cm³/mol. The molecule has 6 aliphatic rings. The summed E-state index contributed by atoms with van der Waals surface area (Å²) in [5.74, 6) is 7.65. The van der Waals surface area contributed by atoms with Gasteiger partial charge in [0.15, 0.2) is 0 Å². The van der Waals surface area contributed by atoms with E-state index in [1.54, 1.807) is 36.3 Å². The maximum Gasteiger partial charge on any atom is 0.00814 e. The molecule has 0 aliphatic heterocycles. The molecule has 2 aromatic carbocycles. The van der Waals surface area contributed by atoms with Crippen LogP contribution in [0.2, 0.25) is 0 Å². The maximum absolute atomic E-state index is 2.46. The summed E-state index contributed by atoms with van der Waals surface area (Å²) in [6, 6.07) is 23.4. The van der Waals surface area contributed by atoms with Crippen molar-refractivity contribution in [1.82, 2.24) is 0 Å². The molecule has 2 aromatic rings. The highest BCUT2D eigenvalue weighted by atomic mass is 31.1. The molecule has 0 saturated heterocycles. The molecule has 25 heavy (non-hydrogen) atoms. The average Bonchev–Trinajstić information content (AvgIpc) is 3.45. The van der Waals surface area contributed by atoms with Crippen LogP contribution in [0.15, 0.2) is 60.7 Å². The molecule has 8 bridgehead atoms. The van der Waals surface area contributed by atoms with Gasteiger partial charge in [0, 0.05) is 5.16 Å². The second-order valence-electron chi connectivity index (χ2n) is 9.27. The summed E-state index contributed by atoms with van der Waals surface area (Å²) >= 11 is 0. The number of rotatable bonds is 3. The van der Waals surface area contributed by atoms with Crippen molar-refractivity contribution >= 4 is 18.5 Å². The van der Waals surface area contributed by atoms with Gasteiger partial charge in [0.1, 0.15) is 0 Å². The summed E-state index contributed by atoms with van der Waals surface area (Å²) in [6.07, 6.45) is 6.22. The molecule has 0 N–H and O–H groups in total. The van der Waals surface area contributed by atoms with Crippen LogP contribution in [0, 0.1) is 41.4 Å². The highest BCUT2D eigenvalue weighted by Gasteiger charge is 2.85. The molecule has 0 amide bonds. The van der Waals surface area contributed by atoms with Gasteiger partial charge in [-0.25, -0.2) is 0 Å². The van der Waals surface area contributed by atoms with Gasteiger partial charge in [-0.1, -0.05) is 60.7 Å². The first kappa shape index (κ1) is 14.0. The molecular weight excluding hydrogens is 319 g/mol. The molecular formula is C24H25P. The first-order valence-electron chi connectivity index (χ1n) is 10.3. The Hall–Kier alpha value is -1.13. The minimum atomic E-state index is -0.222. The molecule has 0 nitrogen and oxygen atoms in total. The van der Waals surface area contributed by atoms with E-state index in [1.807, 2.05) is 0 Å². The van der Waals surface area contributed by atoms with Gasteiger partial charge in [-0.3, -0.25) is 0 Å². The fraction of sp³-hybridized carbons (Fsp3) is 0.500. The Morgan fingerprint density at radius 2 is 1.12 bits per heavy atom. The lowest BCUT2D eigenvalue weighted by atomic mass is 9.70. The molecule has 0 spiro atoms.